The van der Waals surface area contributed by atoms with Crippen molar-refractivity contribution in [3.63, 3.8) is 0 Å². The van der Waals surface area contributed by atoms with Crippen molar-refractivity contribution in [3.8, 4) is 28.7 Å². The molecule has 8 N–H and O–H groups in total. The molecule has 5 unspecified atom stereocenters. The molecule has 7 fully saturated rings. The number of nitrogens with zero attached hydrogens (tertiary/aromatic N) is 4. The zero-order chi connectivity index (χ0) is 74.2. The van der Waals surface area contributed by atoms with Gasteiger partial charge in [-0.25, -0.2) is 0 Å². The third-order valence-corrected chi connectivity index (χ3v) is 29.5. The highest BCUT2D eigenvalue weighted by atomic mass is 16.3. The molecule has 12 nitrogen and oxygen atoms in total. The quantitative estimate of drug-likeness (QED) is 0.0647. The first kappa shape index (κ1) is 76.7. The van der Waals surface area contributed by atoms with Crippen LogP contribution in [0.2, 0.25) is 0 Å². The van der Waals surface area contributed by atoms with Gasteiger partial charge in [0.2, 0.25) is 0 Å². The first-order valence-corrected chi connectivity index (χ1v) is 41.0. The smallest absolute Gasteiger partial charge is 0.143 e. The van der Waals surface area contributed by atoms with Gasteiger partial charge in [0.25, 0.3) is 0 Å². The summed E-state index contributed by atoms with van der Waals surface area (Å²) in [5, 5.41) is 61.2. The summed E-state index contributed by atoms with van der Waals surface area (Å²) in [6.07, 6.45) is 28.1. The molecule has 0 aromatic heterocycles. The number of likely N-dealkylation sites (tertiary alicyclic amines) is 4. The number of ketones is 1. The Morgan fingerprint density at radius 2 is 1.12 bits per heavy atom. The highest BCUT2D eigenvalue weighted by Crippen LogP contribution is 2.60. The molecule has 0 amide bonds. The lowest BCUT2D eigenvalue weighted by molar-refractivity contribution is -0.169. The number of rotatable bonds is 10. The van der Waals surface area contributed by atoms with Crippen LogP contribution in [0.25, 0.3) is 0 Å². The molecule has 7 aliphatic carbocycles. The number of benzene rings is 6. The highest BCUT2D eigenvalue weighted by molar-refractivity contribution is 5.90. The fourth-order valence-electron chi connectivity index (χ4n) is 22.3. The molecule has 6 aromatic carbocycles. The molecule has 4 saturated heterocycles. The molecule has 0 radical (unpaired) electrons. The Morgan fingerprint density at radius 1 is 0.552 bits per heavy atom. The van der Waals surface area contributed by atoms with Gasteiger partial charge in [-0.05, 0) is 313 Å². The molecule has 6 aromatic rings. The van der Waals surface area contributed by atoms with E-state index in [0.717, 1.165) is 128 Å². The lowest BCUT2D eigenvalue weighted by Crippen LogP contribution is -2.72. The van der Waals surface area contributed by atoms with Gasteiger partial charge in [0, 0.05) is 55.6 Å². The van der Waals surface area contributed by atoms with Crippen LogP contribution >= 0.6 is 0 Å². The van der Waals surface area contributed by atoms with Crippen molar-refractivity contribution in [2.75, 3.05) is 59.4 Å². The molecule has 12 heteroatoms. The van der Waals surface area contributed by atoms with E-state index in [4.69, 9.17) is 5.73 Å². The summed E-state index contributed by atoms with van der Waals surface area (Å²) in [6, 6.07) is 43.5. The Hall–Kier alpha value is -6.51. The summed E-state index contributed by atoms with van der Waals surface area (Å²) in [4.78, 5) is 22.6. The van der Waals surface area contributed by atoms with Crippen LogP contribution in [0.4, 0.5) is 0 Å². The van der Waals surface area contributed by atoms with Crippen LogP contribution in [0.1, 0.15) is 233 Å². The number of phenols is 5. The first-order valence-electron chi connectivity index (χ1n) is 41.0. The van der Waals surface area contributed by atoms with E-state index in [1.165, 1.54) is 133 Å². The van der Waals surface area contributed by atoms with Crippen molar-refractivity contribution in [1.29, 1.82) is 0 Å². The average molecular weight is 1430 g/mol. The molecule has 8 bridgehead atoms. The van der Waals surface area contributed by atoms with E-state index in [2.05, 4.69) is 136 Å². The number of hydrogen-bond donors (Lipinski definition) is 7. The number of carbonyl (C=O) groups excluding carboxylic acids is 1. The molecule has 566 valence electrons. The Kier molecular flexibility index (Phi) is 23.1. The number of hydrogen-bond acceptors (Lipinski definition) is 12. The predicted molar refractivity (Wildman–Crippen MR) is 426 cm³/mol. The van der Waals surface area contributed by atoms with Crippen molar-refractivity contribution in [2.24, 2.45) is 28.9 Å². The fraction of sp³-hybridized carbons (Fsp3) is 0.581. The third kappa shape index (κ3) is 15.2. The van der Waals surface area contributed by atoms with Crippen LogP contribution < -0.4 is 5.73 Å². The van der Waals surface area contributed by atoms with Crippen LogP contribution in [0.3, 0.4) is 0 Å². The number of aromatic hydroxyl groups is 5. The summed E-state index contributed by atoms with van der Waals surface area (Å²) in [5.41, 5.74) is 20.8. The number of phenolic OH excluding ortho intramolecular Hbond substituents is 5. The van der Waals surface area contributed by atoms with Crippen LogP contribution in [-0.2, 0) is 58.6 Å². The molecule has 17 rings (SSSR count). The van der Waals surface area contributed by atoms with Gasteiger partial charge in [-0.15, -0.1) is 0 Å². The molecule has 105 heavy (non-hydrogen) atoms. The molecule has 11 aliphatic rings. The van der Waals surface area contributed by atoms with E-state index in [-0.39, 0.29) is 44.9 Å². The van der Waals surface area contributed by atoms with E-state index in [0.29, 0.717) is 65.0 Å². The summed E-state index contributed by atoms with van der Waals surface area (Å²) in [7, 11) is 2.09. The lowest BCUT2D eigenvalue weighted by Gasteiger charge is -2.64. The second-order valence-electron chi connectivity index (χ2n) is 35.7. The number of piperidine rings is 4. The SMILES string of the molecule is CC(C)=CCN1CC[C@@]2(C)c3cc(O)ccc3CC1C2C.CC1C2Cc3ccc(O)cc3[C@]1(C)CCN2CCc1ccccc1.CCC(=O)C1(c2cccc(O)c2)CCN(C)CC1.C[C@@]12CCCCC[C@@H](c3ccc(O)cc3C1)C2N.Oc1ccc2c(c1)[C@@]13CCCC[C@@]1(O)[C@@H](C2)N(CC1CCC1)CC3. The Labute approximate surface area is 629 Å². The topological polar surface area (TPSA) is 177 Å². The van der Waals surface area contributed by atoms with Crippen LogP contribution in [-0.4, -0.2) is 145 Å². The Balaban J connectivity index is 0.000000117. The zero-order valence-electron chi connectivity index (χ0n) is 65.2. The van der Waals surface area contributed by atoms with Gasteiger partial charge in [0.05, 0.1) is 11.0 Å². The zero-order valence-corrected chi connectivity index (χ0v) is 65.2. The van der Waals surface area contributed by atoms with Gasteiger partial charge < -0.3 is 41.3 Å². The van der Waals surface area contributed by atoms with Crippen molar-refractivity contribution in [3.05, 3.63) is 195 Å². The Bertz CT molecular complexity index is 4030. The van der Waals surface area contributed by atoms with Gasteiger partial charge in [-0.1, -0.05) is 158 Å². The maximum absolute atomic E-state index is 12.4. The van der Waals surface area contributed by atoms with Crippen molar-refractivity contribution >= 4 is 5.78 Å². The largest absolute Gasteiger partial charge is 0.508 e. The lowest BCUT2D eigenvalue weighted by atomic mass is 9.49. The molecular formula is C93H127N5O7. The van der Waals surface area contributed by atoms with E-state index < -0.39 is 5.60 Å². The molecule has 3 saturated carbocycles. The summed E-state index contributed by atoms with van der Waals surface area (Å²) in [6.45, 7) is 26.9. The van der Waals surface area contributed by atoms with Crippen molar-refractivity contribution in [2.45, 2.75) is 260 Å². The van der Waals surface area contributed by atoms with E-state index in [1.54, 1.807) is 12.1 Å². The first-order chi connectivity index (χ1) is 50.3. The van der Waals surface area contributed by atoms with Gasteiger partial charge >= 0.3 is 0 Å². The fourth-order valence-corrected chi connectivity index (χ4v) is 22.3. The summed E-state index contributed by atoms with van der Waals surface area (Å²) in [5.74, 6) is 4.69. The van der Waals surface area contributed by atoms with Crippen molar-refractivity contribution < 1.29 is 35.4 Å². The summed E-state index contributed by atoms with van der Waals surface area (Å²) >= 11 is 0. The Morgan fingerprint density at radius 3 is 1.74 bits per heavy atom. The predicted octanol–water partition coefficient (Wildman–Crippen LogP) is 17.1. The molecule has 4 aliphatic heterocycles. The normalized spacial score (nSPS) is 31.4. The third-order valence-electron chi connectivity index (χ3n) is 29.5. The van der Waals surface area contributed by atoms with Crippen molar-refractivity contribution in [1.82, 2.24) is 19.6 Å². The van der Waals surface area contributed by atoms with Crippen LogP contribution in [0.5, 0.6) is 28.7 Å². The minimum absolute atomic E-state index is 0.127. The van der Waals surface area contributed by atoms with E-state index >= 15 is 0 Å². The number of aliphatic hydroxyl groups is 1. The van der Waals surface area contributed by atoms with E-state index in [1.807, 2.05) is 67.6 Å². The van der Waals surface area contributed by atoms with Crippen LogP contribution in [0.15, 0.2) is 139 Å². The molecule has 12 atom stereocenters. The second-order valence-corrected chi connectivity index (χ2v) is 35.7. The number of nitrogens with two attached hydrogens (primary N) is 1. The molecular weight excluding hydrogens is 1300 g/mol. The highest BCUT2D eigenvalue weighted by Gasteiger charge is 2.63. The number of fused-ring (bicyclic) bond motifs is 13. The number of carbonyl (C=O) groups is 1. The van der Waals surface area contributed by atoms with E-state index in [9.17, 15) is 35.4 Å². The minimum atomic E-state index is -0.603. The van der Waals surface area contributed by atoms with Gasteiger partial charge in [-0.2, -0.15) is 0 Å². The van der Waals surface area contributed by atoms with Crippen LogP contribution in [0, 0.1) is 23.2 Å². The average Bonchev–Trinajstić information content (AvgIpc) is 0.699. The monoisotopic (exact) mass is 1430 g/mol. The van der Waals surface area contributed by atoms with Gasteiger partial charge in [0.15, 0.2) is 0 Å². The second kappa shape index (κ2) is 31.6. The maximum atomic E-state index is 12.4. The molecule has 0 spiro atoms. The minimum Gasteiger partial charge on any atom is -0.508 e. The molecule has 4 heterocycles. The standard InChI is InChI=1S/C22H27NO.C21H29NO2.C19H27NO.C16H23NO.C15H21NO2/c1-16-21-14-18-8-9-19(24)15-20(18)22(16,2)11-13-23(21)12-10-17-6-4-3-5-7-17;23-17-7-6-16-12-19-21(24)9-2-1-8-20(21,18(16)13-17)10-11-22(19)14-15-4-3-5-15;1-13(2)7-9-20-10-8-19(4)14(3)18(20)11-15-5-6-16(21)12-17(15)19;1-16-8-4-2-3-5-14(15(16)17)13-7-6-12(18)9-11(13)10-16;1-3-14(18)15(7-9-16(2)10-8-15)12-5-4-6-13(17)11-12/h3-9,15-16,21,24H,10-14H2,1-2H3;6-7,13,15,19,23-24H,1-5,8-12,14H2;5-7,12,14,18,21H,8-11H2,1-4H3;6-7,9,14-15,18H,2-5,8,10,17H2,1H3;4-6,11,17H,3,7-10H2,1-2H3/t16?,21?,22-;19-,20+,21-;14?,18?,19-;14-,15?,16+;/m1110./s1. The number of allylic oxidation sites excluding steroid dienone is 1. The maximum Gasteiger partial charge on any atom is 0.143 e. The van der Waals surface area contributed by atoms with Gasteiger partial charge in [0.1, 0.15) is 34.5 Å². The van der Waals surface area contributed by atoms with Gasteiger partial charge in [-0.3, -0.25) is 19.5 Å². The number of Topliss-reactive ketones (excluding diaryl/α,β-unsaturated/α-hetero) is 1. The summed E-state index contributed by atoms with van der Waals surface area (Å²) < 4.78 is 0.